The molecule has 4 heteroatoms. The van der Waals surface area contributed by atoms with Gasteiger partial charge in [-0.3, -0.25) is 4.79 Å². The lowest BCUT2D eigenvalue weighted by Crippen LogP contribution is -2.47. The molecule has 1 aliphatic rings. The first kappa shape index (κ1) is 12.5. The molecule has 1 aromatic carbocycles. The number of nitrogens with zero attached hydrogens (tertiary/aromatic N) is 2. The zero-order chi connectivity index (χ0) is 12.3. The molecule has 3 nitrogen and oxygen atoms in total. The number of rotatable bonds is 2. The van der Waals surface area contributed by atoms with Gasteiger partial charge in [0.25, 0.3) is 5.91 Å². The highest BCUT2D eigenvalue weighted by molar-refractivity contribution is 7.98. The van der Waals surface area contributed by atoms with Crippen LogP contribution in [0.15, 0.2) is 29.2 Å². The molecule has 0 spiro atoms. The third-order valence-corrected chi connectivity index (χ3v) is 3.83. The van der Waals surface area contributed by atoms with E-state index >= 15 is 0 Å². The van der Waals surface area contributed by atoms with Crippen molar-refractivity contribution in [3.05, 3.63) is 29.8 Å². The summed E-state index contributed by atoms with van der Waals surface area (Å²) >= 11 is 1.67. The molecule has 1 aliphatic heterocycles. The van der Waals surface area contributed by atoms with E-state index in [-0.39, 0.29) is 5.91 Å². The van der Waals surface area contributed by atoms with Crippen LogP contribution in [-0.4, -0.2) is 55.2 Å². The summed E-state index contributed by atoms with van der Waals surface area (Å²) in [5.74, 6) is 0.161. The van der Waals surface area contributed by atoms with Gasteiger partial charge in [0.2, 0.25) is 0 Å². The molecular weight excluding hydrogens is 232 g/mol. The van der Waals surface area contributed by atoms with Gasteiger partial charge < -0.3 is 9.80 Å². The molecule has 1 fully saturated rings. The largest absolute Gasteiger partial charge is 0.336 e. The standard InChI is InChI=1S/C13H18N2OS/c1-14-6-8-15(9-7-14)13(16)11-4-3-5-12(10-11)17-2/h3-5,10H,6-9H2,1-2H3. The van der Waals surface area contributed by atoms with E-state index in [1.54, 1.807) is 11.8 Å². The number of carbonyl (C=O) groups is 1. The number of thioether (sulfide) groups is 1. The second-order valence-corrected chi connectivity index (χ2v) is 5.21. The molecule has 1 amide bonds. The van der Waals surface area contributed by atoms with Gasteiger partial charge in [-0.15, -0.1) is 11.8 Å². The Hall–Kier alpha value is -1.00. The lowest BCUT2D eigenvalue weighted by molar-refractivity contribution is 0.0664. The minimum Gasteiger partial charge on any atom is -0.336 e. The lowest BCUT2D eigenvalue weighted by atomic mass is 10.2. The van der Waals surface area contributed by atoms with Crippen LogP contribution in [0.4, 0.5) is 0 Å². The average Bonchev–Trinajstić information content (AvgIpc) is 2.39. The van der Waals surface area contributed by atoms with Crippen molar-refractivity contribution in [1.29, 1.82) is 0 Å². The van der Waals surface area contributed by atoms with E-state index in [0.29, 0.717) is 0 Å². The molecule has 0 bridgehead atoms. The van der Waals surface area contributed by atoms with E-state index in [4.69, 9.17) is 0 Å². The maximum Gasteiger partial charge on any atom is 0.253 e. The normalized spacial score (nSPS) is 17.2. The molecule has 1 saturated heterocycles. The molecule has 1 aromatic rings. The van der Waals surface area contributed by atoms with Crippen LogP contribution >= 0.6 is 11.8 Å². The number of likely N-dealkylation sites (N-methyl/N-ethyl adjacent to an activating group) is 1. The average molecular weight is 250 g/mol. The van der Waals surface area contributed by atoms with Gasteiger partial charge in [-0.1, -0.05) is 6.07 Å². The minimum atomic E-state index is 0.161. The van der Waals surface area contributed by atoms with Gasteiger partial charge in [-0.05, 0) is 31.5 Å². The van der Waals surface area contributed by atoms with Crippen LogP contribution in [0.25, 0.3) is 0 Å². The Labute approximate surface area is 107 Å². The first-order valence-electron chi connectivity index (χ1n) is 5.82. The van der Waals surface area contributed by atoms with Crippen molar-refractivity contribution in [2.75, 3.05) is 39.5 Å². The van der Waals surface area contributed by atoms with E-state index in [1.807, 2.05) is 35.4 Å². The zero-order valence-electron chi connectivity index (χ0n) is 10.3. The molecule has 0 atom stereocenters. The Morgan fingerprint density at radius 2 is 1.94 bits per heavy atom. The van der Waals surface area contributed by atoms with E-state index in [1.165, 1.54) is 0 Å². The Balaban J connectivity index is 2.08. The molecule has 1 heterocycles. The van der Waals surface area contributed by atoms with E-state index < -0.39 is 0 Å². The predicted octanol–water partition coefficient (Wildman–Crippen LogP) is 1.80. The number of amides is 1. The van der Waals surface area contributed by atoms with Gasteiger partial charge in [0, 0.05) is 36.6 Å². The molecule has 0 aromatic heterocycles. The van der Waals surface area contributed by atoms with Crippen LogP contribution in [0.3, 0.4) is 0 Å². The second kappa shape index (κ2) is 5.56. The van der Waals surface area contributed by atoms with Gasteiger partial charge in [0.15, 0.2) is 0 Å². The number of benzene rings is 1. The Morgan fingerprint density at radius 1 is 1.24 bits per heavy atom. The number of piperazine rings is 1. The van der Waals surface area contributed by atoms with E-state index in [9.17, 15) is 4.79 Å². The fourth-order valence-corrected chi connectivity index (χ4v) is 2.41. The lowest BCUT2D eigenvalue weighted by Gasteiger charge is -2.32. The molecule has 0 saturated carbocycles. The molecular formula is C13H18N2OS. The highest BCUT2D eigenvalue weighted by Gasteiger charge is 2.20. The minimum absolute atomic E-state index is 0.161. The molecule has 0 radical (unpaired) electrons. The Kier molecular flexibility index (Phi) is 4.07. The number of carbonyl (C=O) groups excluding carboxylic acids is 1. The van der Waals surface area contributed by atoms with Crippen LogP contribution in [-0.2, 0) is 0 Å². The monoisotopic (exact) mass is 250 g/mol. The fraction of sp³-hybridized carbons (Fsp3) is 0.462. The van der Waals surface area contributed by atoms with Gasteiger partial charge >= 0.3 is 0 Å². The smallest absolute Gasteiger partial charge is 0.253 e. The highest BCUT2D eigenvalue weighted by atomic mass is 32.2. The molecule has 0 unspecified atom stereocenters. The molecule has 92 valence electrons. The van der Waals surface area contributed by atoms with Gasteiger partial charge in [-0.2, -0.15) is 0 Å². The van der Waals surface area contributed by atoms with Crippen LogP contribution in [0.5, 0.6) is 0 Å². The van der Waals surface area contributed by atoms with Crippen LogP contribution in [0.2, 0.25) is 0 Å². The van der Waals surface area contributed by atoms with Crippen molar-refractivity contribution in [2.45, 2.75) is 4.90 Å². The van der Waals surface area contributed by atoms with Crippen molar-refractivity contribution >= 4 is 17.7 Å². The van der Waals surface area contributed by atoms with Crippen molar-refractivity contribution < 1.29 is 4.79 Å². The Bertz CT molecular complexity index is 400. The van der Waals surface area contributed by atoms with E-state index in [0.717, 1.165) is 36.6 Å². The summed E-state index contributed by atoms with van der Waals surface area (Å²) in [6.45, 7) is 3.60. The third kappa shape index (κ3) is 3.01. The van der Waals surface area contributed by atoms with Crippen molar-refractivity contribution in [2.24, 2.45) is 0 Å². The summed E-state index contributed by atoms with van der Waals surface area (Å²) in [6, 6.07) is 7.87. The topological polar surface area (TPSA) is 23.6 Å². The summed E-state index contributed by atoms with van der Waals surface area (Å²) in [4.78, 5) is 17.6. The molecule has 0 N–H and O–H groups in total. The Morgan fingerprint density at radius 3 is 2.59 bits per heavy atom. The quantitative estimate of drug-likeness (QED) is 0.748. The van der Waals surface area contributed by atoms with Gasteiger partial charge in [0.05, 0.1) is 0 Å². The number of hydrogen-bond acceptors (Lipinski definition) is 3. The van der Waals surface area contributed by atoms with Gasteiger partial charge in [-0.25, -0.2) is 0 Å². The summed E-state index contributed by atoms with van der Waals surface area (Å²) in [5, 5.41) is 0. The molecule has 2 rings (SSSR count). The highest BCUT2D eigenvalue weighted by Crippen LogP contribution is 2.17. The van der Waals surface area contributed by atoms with Crippen LogP contribution < -0.4 is 0 Å². The van der Waals surface area contributed by atoms with Gasteiger partial charge in [0.1, 0.15) is 0 Å². The fourth-order valence-electron chi connectivity index (χ4n) is 1.95. The third-order valence-electron chi connectivity index (χ3n) is 3.11. The SMILES string of the molecule is CSc1cccc(C(=O)N2CCN(C)CC2)c1. The zero-order valence-corrected chi connectivity index (χ0v) is 11.2. The summed E-state index contributed by atoms with van der Waals surface area (Å²) in [5.41, 5.74) is 0.807. The van der Waals surface area contributed by atoms with Crippen LogP contribution in [0, 0.1) is 0 Å². The van der Waals surface area contributed by atoms with E-state index in [2.05, 4.69) is 11.9 Å². The van der Waals surface area contributed by atoms with Crippen molar-refractivity contribution in [1.82, 2.24) is 9.80 Å². The summed E-state index contributed by atoms with van der Waals surface area (Å²) < 4.78 is 0. The summed E-state index contributed by atoms with van der Waals surface area (Å²) in [7, 11) is 2.09. The molecule has 17 heavy (non-hydrogen) atoms. The number of hydrogen-bond donors (Lipinski definition) is 0. The van der Waals surface area contributed by atoms with Crippen molar-refractivity contribution in [3.63, 3.8) is 0 Å². The maximum absolute atomic E-state index is 12.3. The molecule has 0 aliphatic carbocycles. The first-order valence-corrected chi connectivity index (χ1v) is 7.05. The predicted molar refractivity (Wildman–Crippen MR) is 71.6 cm³/mol. The maximum atomic E-state index is 12.3. The van der Waals surface area contributed by atoms with Crippen LogP contribution in [0.1, 0.15) is 10.4 Å². The summed E-state index contributed by atoms with van der Waals surface area (Å²) in [6.07, 6.45) is 2.03. The first-order chi connectivity index (χ1) is 8.20. The second-order valence-electron chi connectivity index (χ2n) is 4.33. The van der Waals surface area contributed by atoms with Crippen molar-refractivity contribution in [3.8, 4) is 0 Å².